The van der Waals surface area contributed by atoms with Crippen molar-refractivity contribution >= 4 is 0 Å². The summed E-state index contributed by atoms with van der Waals surface area (Å²) in [6, 6.07) is 8.92. The Morgan fingerprint density at radius 2 is 1.48 bits per heavy atom. The van der Waals surface area contributed by atoms with Gasteiger partial charge in [0.1, 0.15) is 19.6 Å². The Morgan fingerprint density at radius 1 is 0.857 bits per heavy atom. The third-order valence-corrected chi connectivity index (χ3v) is 4.81. The smallest absolute Gasteiger partial charge is 0.109 e. The molecule has 0 aromatic heterocycles. The van der Waals surface area contributed by atoms with Gasteiger partial charge in [-0.2, -0.15) is 4.65 Å². The Labute approximate surface area is 130 Å². The Morgan fingerprint density at radius 3 is 2.19 bits per heavy atom. The molecule has 0 radical (unpaired) electrons. The molecule has 0 amide bonds. The van der Waals surface area contributed by atoms with Crippen molar-refractivity contribution in [2.75, 3.05) is 19.6 Å². The Bertz CT molecular complexity index is 393. The van der Waals surface area contributed by atoms with Crippen LogP contribution in [-0.2, 0) is 6.42 Å². The highest BCUT2D eigenvalue weighted by Crippen LogP contribution is 2.17. The van der Waals surface area contributed by atoms with E-state index in [2.05, 4.69) is 31.2 Å². The summed E-state index contributed by atoms with van der Waals surface area (Å²) in [6.45, 7) is 5.07. The third-order valence-electron chi connectivity index (χ3n) is 4.81. The monoisotopic (exact) mass is 290 g/mol. The van der Waals surface area contributed by atoms with Gasteiger partial charge in [0.15, 0.2) is 0 Å². The summed E-state index contributed by atoms with van der Waals surface area (Å²) in [5.74, 6) is 0. The number of hydrogen-bond acceptors (Lipinski definition) is 1. The second kappa shape index (κ2) is 8.55. The highest BCUT2D eigenvalue weighted by atomic mass is 16.5. The molecular formula is C19H32NO+. The van der Waals surface area contributed by atoms with Gasteiger partial charge in [0.25, 0.3) is 0 Å². The van der Waals surface area contributed by atoms with Crippen molar-refractivity contribution in [3.8, 4) is 0 Å². The van der Waals surface area contributed by atoms with Gasteiger partial charge in [0.05, 0.1) is 0 Å². The van der Waals surface area contributed by atoms with Gasteiger partial charge in [-0.15, -0.1) is 0 Å². The van der Waals surface area contributed by atoms with E-state index in [1.807, 2.05) is 0 Å². The number of quaternary nitrogens is 1. The quantitative estimate of drug-likeness (QED) is 0.534. The first kappa shape index (κ1) is 16.5. The number of unbranched alkanes of at least 4 members (excludes halogenated alkanes) is 4. The molecule has 0 saturated carbocycles. The number of piperidine rings is 1. The number of aryl methyl sites for hydroxylation is 2. The lowest BCUT2D eigenvalue weighted by Gasteiger charge is -2.33. The van der Waals surface area contributed by atoms with Crippen LogP contribution in [0.2, 0.25) is 0 Å². The molecule has 1 saturated heterocycles. The van der Waals surface area contributed by atoms with E-state index in [9.17, 15) is 5.21 Å². The summed E-state index contributed by atoms with van der Waals surface area (Å²) in [5, 5.41) is 10.4. The topological polar surface area (TPSA) is 20.2 Å². The molecule has 0 atom stereocenters. The highest BCUT2D eigenvalue weighted by Gasteiger charge is 2.27. The van der Waals surface area contributed by atoms with Crippen LogP contribution in [0.1, 0.15) is 62.5 Å². The molecule has 1 aliphatic rings. The largest absolute Gasteiger partial charge is 0.217 e. The van der Waals surface area contributed by atoms with Crippen molar-refractivity contribution in [3.05, 3.63) is 35.4 Å². The summed E-state index contributed by atoms with van der Waals surface area (Å²) < 4.78 is 0.351. The van der Waals surface area contributed by atoms with E-state index in [1.54, 1.807) is 0 Å². The number of hydrogen-bond donors (Lipinski definition) is 1. The minimum Gasteiger partial charge on any atom is -0.217 e. The van der Waals surface area contributed by atoms with Gasteiger partial charge in [-0.1, -0.05) is 42.7 Å². The average molecular weight is 290 g/mol. The molecule has 0 spiro atoms. The lowest BCUT2D eigenvalue weighted by atomic mass is 10.0. The fourth-order valence-electron chi connectivity index (χ4n) is 3.34. The van der Waals surface area contributed by atoms with E-state index < -0.39 is 0 Å². The molecule has 1 heterocycles. The molecule has 118 valence electrons. The van der Waals surface area contributed by atoms with Crippen LogP contribution < -0.4 is 0 Å². The van der Waals surface area contributed by atoms with Crippen LogP contribution in [0.3, 0.4) is 0 Å². The maximum atomic E-state index is 10.4. The van der Waals surface area contributed by atoms with Crippen molar-refractivity contribution in [2.45, 2.75) is 64.7 Å². The average Bonchev–Trinajstić information content (AvgIpc) is 2.49. The maximum Gasteiger partial charge on any atom is 0.109 e. The van der Waals surface area contributed by atoms with Crippen LogP contribution in [0.4, 0.5) is 0 Å². The normalized spacial score (nSPS) is 17.8. The van der Waals surface area contributed by atoms with E-state index in [-0.39, 0.29) is 0 Å². The van der Waals surface area contributed by atoms with E-state index >= 15 is 0 Å². The fraction of sp³-hybridized carbons (Fsp3) is 0.684. The zero-order valence-corrected chi connectivity index (χ0v) is 13.7. The van der Waals surface area contributed by atoms with Crippen molar-refractivity contribution in [1.29, 1.82) is 0 Å². The first-order chi connectivity index (χ1) is 10.2. The molecule has 2 heteroatoms. The van der Waals surface area contributed by atoms with Gasteiger partial charge < -0.3 is 0 Å². The lowest BCUT2D eigenvalue weighted by molar-refractivity contribution is -1.10. The summed E-state index contributed by atoms with van der Waals surface area (Å²) in [6.07, 6.45) is 11.3. The number of rotatable bonds is 8. The molecule has 0 aliphatic carbocycles. The molecule has 1 N–H and O–H groups in total. The van der Waals surface area contributed by atoms with E-state index in [4.69, 9.17) is 0 Å². The van der Waals surface area contributed by atoms with Gasteiger partial charge in [-0.3, -0.25) is 0 Å². The van der Waals surface area contributed by atoms with Crippen LogP contribution in [-0.4, -0.2) is 29.5 Å². The van der Waals surface area contributed by atoms with Crippen LogP contribution in [0, 0.1) is 6.92 Å². The Balaban J connectivity index is 1.49. The van der Waals surface area contributed by atoms with Gasteiger partial charge in [0, 0.05) is 0 Å². The number of hydroxylamine groups is 3. The zero-order valence-electron chi connectivity index (χ0n) is 13.7. The molecule has 21 heavy (non-hydrogen) atoms. The predicted molar refractivity (Wildman–Crippen MR) is 88.5 cm³/mol. The molecule has 0 bridgehead atoms. The van der Waals surface area contributed by atoms with Gasteiger partial charge in [-0.25, -0.2) is 5.21 Å². The molecule has 1 aromatic carbocycles. The van der Waals surface area contributed by atoms with Crippen LogP contribution >= 0.6 is 0 Å². The molecule has 2 nitrogen and oxygen atoms in total. The Hall–Kier alpha value is -0.860. The Kier molecular flexibility index (Phi) is 6.72. The van der Waals surface area contributed by atoms with Crippen LogP contribution in [0.15, 0.2) is 24.3 Å². The number of benzene rings is 1. The van der Waals surface area contributed by atoms with Crippen molar-refractivity contribution in [3.63, 3.8) is 0 Å². The summed E-state index contributed by atoms with van der Waals surface area (Å²) >= 11 is 0. The van der Waals surface area contributed by atoms with Crippen LogP contribution in [0.25, 0.3) is 0 Å². The van der Waals surface area contributed by atoms with Gasteiger partial charge in [-0.05, 0) is 57.4 Å². The number of nitrogens with zero attached hydrogens (tertiary/aromatic N) is 1. The molecule has 0 unspecified atom stereocenters. The summed E-state index contributed by atoms with van der Waals surface area (Å²) in [5.41, 5.74) is 2.81. The molecule has 2 rings (SSSR count). The first-order valence-electron chi connectivity index (χ1n) is 8.82. The lowest BCUT2D eigenvalue weighted by Crippen LogP contribution is -2.49. The first-order valence-corrected chi connectivity index (χ1v) is 8.82. The standard InChI is InChI=1S/C19H32NO/c1-18-11-13-19(14-12-18)10-6-3-2-4-7-15-20(21)16-8-5-9-17-20/h11-14,21H,2-10,15-17H2,1H3/q+1. The van der Waals surface area contributed by atoms with Crippen molar-refractivity contribution in [2.24, 2.45) is 0 Å². The fourth-order valence-corrected chi connectivity index (χ4v) is 3.34. The minimum absolute atomic E-state index is 0.351. The highest BCUT2D eigenvalue weighted by molar-refractivity contribution is 5.21. The van der Waals surface area contributed by atoms with Gasteiger partial charge >= 0.3 is 0 Å². The van der Waals surface area contributed by atoms with E-state index in [0.29, 0.717) is 4.65 Å². The van der Waals surface area contributed by atoms with Crippen molar-refractivity contribution < 1.29 is 9.85 Å². The maximum absolute atomic E-state index is 10.4. The third kappa shape index (κ3) is 6.19. The van der Waals surface area contributed by atoms with Gasteiger partial charge in [0.2, 0.25) is 0 Å². The van der Waals surface area contributed by atoms with E-state index in [1.165, 1.54) is 68.9 Å². The predicted octanol–water partition coefficient (Wildman–Crippen LogP) is 4.88. The minimum atomic E-state index is 0.351. The molecule has 1 aliphatic heterocycles. The molecule has 1 aromatic rings. The summed E-state index contributed by atoms with van der Waals surface area (Å²) in [4.78, 5) is 0. The van der Waals surface area contributed by atoms with Crippen molar-refractivity contribution in [1.82, 2.24) is 0 Å². The number of likely N-dealkylation sites (tertiary alicyclic amines) is 1. The summed E-state index contributed by atoms with van der Waals surface area (Å²) in [7, 11) is 0. The van der Waals surface area contributed by atoms with Crippen LogP contribution in [0.5, 0.6) is 0 Å². The second-order valence-corrected chi connectivity index (χ2v) is 6.83. The molecular weight excluding hydrogens is 258 g/mol. The SMILES string of the molecule is Cc1ccc(CCCCCCC[N+]2(O)CCCCC2)cc1. The zero-order chi connectivity index (χ0) is 15.0. The second-order valence-electron chi connectivity index (χ2n) is 6.83. The molecule has 1 fully saturated rings. The van der Waals surface area contributed by atoms with E-state index in [0.717, 1.165) is 19.6 Å².